The van der Waals surface area contributed by atoms with Gasteiger partial charge in [-0.25, -0.2) is 18.2 Å². The highest BCUT2D eigenvalue weighted by Crippen LogP contribution is 2.26. The lowest BCUT2D eigenvalue weighted by atomic mass is 10.2. The summed E-state index contributed by atoms with van der Waals surface area (Å²) in [7, 11) is -3.66. The van der Waals surface area contributed by atoms with E-state index in [2.05, 4.69) is 9.88 Å². The zero-order valence-electron chi connectivity index (χ0n) is 19.5. The largest absolute Gasteiger partial charge is 0.482 e. The molecule has 2 heterocycles. The molecule has 3 rings (SSSR count). The molecule has 186 valence electrons. The first-order chi connectivity index (χ1) is 16.3. The summed E-state index contributed by atoms with van der Waals surface area (Å²) in [5.74, 6) is 0.829. The Kier molecular flexibility index (Phi) is 9.57. The Morgan fingerprint density at radius 3 is 2.62 bits per heavy atom. The van der Waals surface area contributed by atoms with Crippen LogP contribution in [0.1, 0.15) is 18.9 Å². The van der Waals surface area contributed by atoms with Crippen LogP contribution in [0.25, 0.3) is 0 Å². The van der Waals surface area contributed by atoms with E-state index in [0.717, 1.165) is 29.4 Å². The molecule has 1 N–H and O–H groups in total. The average molecular weight is 510 g/mol. The number of rotatable bonds is 12. The van der Waals surface area contributed by atoms with E-state index in [9.17, 15) is 13.2 Å². The molecule has 1 saturated heterocycles. The van der Waals surface area contributed by atoms with Gasteiger partial charge in [0.1, 0.15) is 16.5 Å². The van der Waals surface area contributed by atoms with Crippen LogP contribution in [0, 0.1) is 6.92 Å². The van der Waals surface area contributed by atoms with E-state index >= 15 is 0 Å². The van der Waals surface area contributed by atoms with E-state index < -0.39 is 16.0 Å². The monoisotopic (exact) mass is 509 g/mol. The number of aromatic nitrogens is 1. The molecule has 0 bridgehead atoms. The molecule has 0 atom stereocenters. The highest BCUT2D eigenvalue weighted by molar-refractivity contribution is 7.99. The number of aliphatic carboxylic acids is 1. The second-order valence-electron chi connectivity index (χ2n) is 7.81. The maximum atomic E-state index is 13.3. The van der Waals surface area contributed by atoms with Crippen molar-refractivity contribution in [2.24, 2.45) is 0 Å². The van der Waals surface area contributed by atoms with E-state index in [1.165, 1.54) is 10.5 Å². The normalized spacial score (nSPS) is 14.4. The topological polar surface area (TPSA) is 109 Å². The predicted octanol–water partition coefficient (Wildman–Crippen LogP) is 2.88. The Labute approximate surface area is 205 Å². The quantitative estimate of drug-likeness (QED) is 0.432. The van der Waals surface area contributed by atoms with Crippen molar-refractivity contribution in [3.05, 3.63) is 42.1 Å². The zero-order chi connectivity index (χ0) is 24.6. The van der Waals surface area contributed by atoms with Crippen LogP contribution in [-0.4, -0.2) is 80.5 Å². The number of anilines is 1. The number of ether oxygens (including phenoxy) is 2. The van der Waals surface area contributed by atoms with E-state index in [4.69, 9.17) is 14.6 Å². The summed E-state index contributed by atoms with van der Waals surface area (Å²) in [4.78, 5) is 18.3. The number of thioether (sulfide) groups is 1. The standard InChI is InChI=1S/C23H31N3O6S2/c1-3-8-26(11-14-33-19-4-6-21(18(2)15-19)32-17-23(27)28)34(29,30)20-5-7-22(24-16-20)25-9-12-31-13-10-25/h4-7,15-16H,3,8-14,17H2,1-2H3,(H,27,28). The second-order valence-corrected chi connectivity index (χ2v) is 10.9. The lowest BCUT2D eigenvalue weighted by Gasteiger charge is -2.28. The number of pyridine rings is 1. The summed E-state index contributed by atoms with van der Waals surface area (Å²) < 4.78 is 38.6. The van der Waals surface area contributed by atoms with Gasteiger partial charge in [0.25, 0.3) is 0 Å². The highest BCUT2D eigenvalue weighted by atomic mass is 32.2. The summed E-state index contributed by atoms with van der Waals surface area (Å²) in [6.45, 7) is 6.96. The van der Waals surface area contributed by atoms with Gasteiger partial charge in [-0.05, 0) is 49.2 Å². The molecule has 1 aromatic heterocycles. The van der Waals surface area contributed by atoms with Crippen LogP contribution in [0.3, 0.4) is 0 Å². The highest BCUT2D eigenvalue weighted by Gasteiger charge is 2.24. The number of sulfonamides is 1. The summed E-state index contributed by atoms with van der Waals surface area (Å²) in [5.41, 5.74) is 0.829. The molecule has 0 amide bonds. The third-order valence-corrected chi connectivity index (χ3v) is 8.13. The Morgan fingerprint density at radius 1 is 1.24 bits per heavy atom. The van der Waals surface area contributed by atoms with Crippen molar-refractivity contribution in [1.82, 2.24) is 9.29 Å². The fourth-order valence-corrected chi connectivity index (χ4v) is 6.10. The summed E-state index contributed by atoms with van der Waals surface area (Å²) in [6.07, 6.45) is 2.15. The number of hydrogen-bond donors (Lipinski definition) is 1. The minimum atomic E-state index is -3.66. The first kappa shape index (κ1) is 26.3. The molecule has 34 heavy (non-hydrogen) atoms. The minimum absolute atomic E-state index is 0.193. The predicted molar refractivity (Wildman–Crippen MR) is 131 cm³/mol. The van der Waals surface area contributed by atoms with Gasteiger partial charge in [0.2, 0.25) is 10.0 Å². The molecule has 11 heteroatoms. The number of benzene rings is 1. The van der Waals surface area contributed by atoms with Crippen molar-refractivity contribution in [3.8, 4) is 5.75 Å². The molecule has 1 aliphatic heterocycles. The van der Waals surface area contributed by atoms with Crippen molar-refractivity contribution < 1.29 is 27.8 Å². The van der Waals surface area contributed by atoms with Crippen LogP contribution in [0.2, 0.25) is 0 Å². The van der Waals surface area contributed by atoms with Gasteiger partial charge >= 0.3 is 5.97 Å². The van der Waals surface area contributed by atoms with Gasteiger partial charge in [0, 0.05) is 43.0 Å². The molecule has 0 unspecified atom stereocenters. The average Bonchev–Trinajstić information content (AvgIpc) is 2.83. The third kappa shape index (κ3) is 7.08. The van der Waals surface area contributed by atoms with E-state index in [1.807, 2.05) is 26.0 Å². The molecule has 0 saturated carbocycles. The van der Waals surface area contributed by atoms with Crippen LogP contribution in [0.5, 0.6) is 5.75 Å². The number of hydrogen-bond acceptors (Lipinski definition) is 8. The van der Waals surface area contributed by atoms with Gasteiger partial charge in [0.15, 0.2) is 6.61 Å². The van der Waals surface area contributed by atoms with Gasteiger partial charge in [-0.1, -0.05) is 6.92 Å². The number of carboxylic acids is 1. The number of carboxylic acid groups (broad SMARTS) is 1. The molecule has 1 aromatic carbocycles. The van der Waals surface area contributed by atoms with Gasteiger partial charge in [-0.3, -0.25) is 0 Å². The minimum Gasteiger partial charge on any atom is -0.482 e. The molecule has 0 spiro atoms. The van der Waals surface area contributed by atoms with Gasteiger partial charge in [-0.15, -0.1) is 11.8 Å². The van der Waals surface area contributed by atoms with E-state index in [1.54, 1.807) is 30.0 Å². The van der Waals surface area contributed by atoms with Crippen LogP contribution >= 0.6 is 11.8 Å². The van der Waals surface area contributed by atoms with E-state index in [0.29, 0.717) is 44.2 Å². The van der Waals surface area contributed by atoms with Gasteiger partial charge in [-0.2, -0.15) is 4.31 Å². The molecule has 0 aliphatic carbocycles. The van der Waals surface area contributed by atoms with Crippen molar-refractivity contribution in [3.63, 3.8) is 0 Å². The number of carbonyl (C=O) groups is 1. The first-order valence-corrected chi connectivity index (χ1v) is 13.6. The van der Waals surface area contributed by atoms with Crippen molar-refractivity contribution in [2.75, 3.05) is 56.7 Å². The summed E-state index contributed by atoms with van der Waals surface area (Å²) in [6, 6.07) is 8.88. The SMILES string of the molecule is CCCN(CCSc1ccc(OCC(=O)O)c(C)c1)S(=O)(=O)c1ccc(N2CCOCC2)nc1. The Hall–Kier alpha value is -2.34. The molecule has 1 aliphatic rings. The lowest BCUT2D eigenvalue weighted by molar-refractivity contribution is -0.139. The van der Waals surface area contributed by atoms with Crippen LogP contribution < -0.4 is 9.64 Å². The maximum Gasteiger partial charge on any atom is 0.341 e. The van der Waals surface area contributed by atoms with Crippen molar-refractivity contribution >= 4 is 33.6 Å². The Morgan fingerprint density at radius 2 is 2.00 bits per heavy atom. The number of nitrogens with zero attached hydrogens (tertiary/aromatic N) is 3. The molecule has 2 aromatic rings. The Bertz CT molecular complexity index is 1060. The van der Waals surface area contributed by atoms with Crippen LogP contribution in [0.4, 0.5) is 5.82 Å². The maximum absolute atomic E-state index is 13.3. The van der Waals surface area contributed by atoms with E-state index in [-0.39, 0.29) is 11.5 Å². The van der Waals surface area contributed by atoms with Gasteiger partial charge in [0.05, 0.1) is 13.2 Å². The smallest absolute Gasteiger partial charge is 0.341 e. The second kappa shape index (κ2) is 12.4. The number of morpholine rings is 1. The summed E-state index contributed by atoms with van der Waals surface area (Å²) in [5, 5.41) is 8.76. The molecule has 1 fully saturated rings. The van der Waals surface area contributed by atoms with Crippen molar-refractivity contribution in [2.45, 2.75) is 30.1 Å². The fraction of sp³-hybridized carbons (Fsp3) is 0.478. The summed E-state index contributed by atoms with van der Waals surface area (Å²) >= 11 is 1.54. The molecular weight excluding hydrogens is 478 g/mol. The van der Waals surface area contributed by atoms with Crippen LogP contribution in [0.15, 0.2) is 46.3 Å². The van der Waals surface area contributed by atoms with Crippen LogP contribution in [-0.2, 0) is 19.6 Å². The third-order valence-electron chi connectivity index (χ3n) is 5.27. The lowest BCUT2D eigenvalue weighted by Crippen LogP contribution is -2.37. The Balaban J connectivity index is 1.61. The van der Waals surface area contributed by atoms with Gasteiger partial charge < -0.3 is 19.5 Å². The molecular formula is C23H31N3O6S2. The molecule has 0 radical (unpaired) electrons. The zero-order valence-corrected chi connectivity index (χ0v) is 21.1. The van der Waals surface area contributed by atoms with Crippen molar-refractivity contribution in [1.29, 1.82) is 0 Å². The molecule has 9 nitrogen and oxygen atoms in total. The number of aryl methyl sites for hydroxylation is 1. The fourth-order valence-electron chi connectivity index (χ4n) is 3.53. The first-order valence-electron chi connectivity index (χ1n) is 11.2.